The number of hydrogen-bond donors (Lipinski definition) is 2. The maximum atomic E-state index is 10.7. The minimum atomic E-state index is -0.787. The number of aliphatic carboxylic acids is 1. The molecule has 1 rings (SSSR count). The van der Waals surface area contributed by atoms with Crippen molar-refractivity contribution in [2.45, 2.75) is 24.1 Å². The van der Waals surface area contributed by atoms with E-state index in [1.54, 1.807) is 25.3 Å². The van der Waals surface area contributed by atoms with E-state index in [9.17, 15) is 4.79 Å². The average molecular weight is 226 g/mol. The van der Waals surface area contributed by atoms with Gasteiger partial charge in [-0.25, -0.2) is 4.98 Å². The average Bonchev–Trinajstić information content (AvgIpc) is 2.20. The summed E-state index contributed by atoms with van der Waals surface area (Å²) in [4.78, 5) is 14.8. The van der Waals surface area contributed by atoms with Crippen LogP contribution in [0.2, 0.25) is 0 Å². The number of aromatic nitrogens is 1. The van der Waals surface area contributed by atoms with Crippen molar-refractivity contribution in [1.29, 1.82) is 0 Å². The fourth-order valence-electron chi connectivity index (χ4n) is 0.955. The Labute approximate surface area is 92.9 Å². The van der Waals surface area contributed by atoms with Crippen LogP contribution in [0.1, 0.15) is 13.8 Å². The first kappa shape index (κ1) is 11.8. The molecule has 3 N–H and O–H groups in total. The van der Waals surface area contributed by atoms with E-state index in [0.717, 1.165) is 5.03 Å². The van der Waals surface area contributed by atoms with Crippen molar-refractivity contribution >= 4 is 23.4 Å². The highest BCUT2D eigenvalue weighted by atomic mass is 32.2. The fraction of sp³-hybridized carbons (Fsp3) is 0.400. The molecule has 15 heavy (non-hydrogen) atoms. The highest BCUT2D eigenvalue weighted by Gasteiger charge is 2.20. The molecule has 0 saturated carbocycles. The Kier molecular flexibility index (Phi) is 3.96. The zero-order valence-corrected chi connectivity index (χ0v) is 9.49. The molecular weight excluding hydrogens is 212 g/mol. The molecule has 1 aromatic rings. The largest absolute Gasteiger partial charge is 0.481 e. The van der Waals surface area contributed by atoms with Crippen molar-refractivity contribution in [3.05, 3.63) is 18.3 Å². The molecule has 82 valence electrons. The molecule has 0 aliphatic heterocycles. The molecule has 5 heteroatoms. The van der Waals surface area contributed by atoms with Crippen molar-refractivity contribution in [3.63, 3.8) is 0 Å². The summed E-state index contributed by atoms with van der Waals surface area (Å²) in [7, 11) is 0. The predicted molar refractivity (Wildman–Crippen MR) is 60.8 cm³/mol. The van der Waals surface area contributed by atoms with Gasteiger partial charge in [0.1, 0.15) is 0 Å². The normalized spacial score (nSPS) is 14.5. The standard InChI is InChI=1S/C10H14N2O2S/c1-6(10(13)14)7(2)15-9-4-3-8(11)5-12-9/h3-7H,11H2,1-2H3,(H,13,14). The SMILES string of the molecule is CC(Sc1ccc(N)cn1)C(C)C(=O)O. The highest BCUT2D eigenvalue weighted by molar-refractivity contribution is 7.99. The van der Waals surface area contributed by atoms with Crippen molar-refractivity contribution in [2.24, 2.45) is 5.92 Å². The molecule has 0 radical (unpaired) electrons. The van der Waals surface area contributed by atoms with Crippen molar-refractivity contribution in [3.8, 4) is 0 Å². The van der Waals surface area contributed by atoms with E-state index in [0.29, 0.717) is 5.69 Å². The molecule has 2 unspecified atom stereocenters. The number of pyridine rings is 1. The molecule has 0 saturated heterocycles. The van der Waals surface area contributed by atoms with Crippen molar-refractivity contribution in [2.75, 3.05) is 5.73 Å². The van der Waals surface area contributed by atoms with Gasteiger partial charge in [0.15, 0.2) is 0 Å². The Morgan fingerprint density at radius 2 is 2.20 bits per heavy atom. The van der Waals surface area contributed by atoms with Gasteiger partial charge in [-0.15, -0.1) is 11.8 Å². The van der Waals surface area contributed by atoms with Gasteiger partial charge in [-0.2, -0.15) is 0 Å². The number of nitrogens with zero attached hydrogens (tertiary/aromatic N) is 1. The minimum Gasteiger partial charge on any atom is -0.481 e. The molecule has 0 aromatic carbocycles. The lowest BCUT2D eigenvalue weighted by molar-refractivity contribution is -0.140. The van der Waals surface area contributed by atoms with Crippen LogP contribution in [-0.2, 0) is 4.79 Å². The molecule has 1 aromatic heterocycles. The number of carboxylic acids is 1. The number of anilines is 1. The van der Waals surface area contributed by atoms with Gasteiger partial charge >= 0.3 is 5.97 Å². The Hall–Kier alpha value is -1.23. The van der Waals surface area contributed by atoms with E-state index in [4.69, 9.17) is 10.8 Å². The first-order chi connectivity index (χ1) is 7.00. The summed E-state index contributed by atoms with van der Waals surface area (Å²) in [6.07, 6.45) is 1.57. The number of nitrogen functional groups attached to an aromatic ring is 1. The number of nitrogens with two attached hydrogens (primary N) is 1. The zero-order chi connectivity index (χ0) is 11.4. The van der Waals surface area contributed by atoms with Crippen LogP contribution in [0.4, 0.5) is 5.69 Å². The second kappa shape index (κ2) is 5.02. The van der Waals surface area contributed by atoms with Gasteiger partial charge in [0, 0.05) is 5.25 Å². The molecule has 0 aliphatic rings. The molecule has 0 amide bonds. The maximum Gasteiger partial charge on any atom is 0.307 e. The minimum absolute atomic E-state index is 0.0152. The van der Waals surface area contributed by atoms with Gasteiger partial charge in [0.05, 0.1) is 22.8 Å². The maximum absolute atomic E-state index is 10.7. The van der Waals surface area contributed by atoms with Crippen LogP contribution in [0.5, 0.6) is 0 Å². The highest BCUT2D eigenvalue weighted by Crippen LogP contribution is 2.26. The molecule has 0 fully saturated rings. The topological polar surface area (TPSA) is 76.2 Å². The monoisotopic (exact) mass is 226 g/mol. The quantitative estimate of drug-likeness (QED) is 0.766. The number of hydrogen-bond acceptors (Lipinski definition) is 4. The lowest BCUT2D eigenvalue weighted by Gasteiger charge is -2.14. The van der Waals surface area contributed by atoms with Gasteiger partial charge in [0.2, 0.25) is 0 Å². The van der Waals surface area contributed by atoms with E-state index < -0.39 is 11.9 Å². The summed E-state index contributed by atoms with van der Waals surface area (Å²) >= 11 is 1.44. The Morgan fingerprint density at radius 3 is 2.67 bits per heavy atom. The van der Waals surface area contributed by atoms with E-state index in [1.165, 1.54) is 11.8 Å². The molecular formula is C10H14N2O2S. The van der Waals surface area contributed by atoms with Gasteiger partial charge in [-0.05, 0) is 12.1 Å². The Morgan fingerprint density at radius 1 is 1.53 bits per heavy atom. The Balaban J connectivity index is 2.62. The van der Waals surface area contributed by atoms with E-state index in [-0.39, 0.29) is 5.25 Å². The smallest absolute Gasteiger partial charge is 0.307 e. The molecule has 4 nitrogen and oxygen atoms in total. The number of rotatable bonds is 4. The first-order valence-electron chi connectivity index (χ1n) is 4.61. The fourth-order valence-corrected chi connectivity index (χ4v) is 1.92. The van der Waals surface area contributed by atoms with Crippen LogP contribution < -0.4 is 5.73 Å². The summed E-state index contributed by atoms with van der Waals surface area (Å²) < 4.78 is 0. The second-order valence-corrected chi connectivity index (χ2v) is 4.78. The molecule has 0 aliphatic carbocycles. The zero-order valence-electron chi connectivity index (χ0n) is 8.68. The summed E-state index contributed by atoms with van der Waals surface area (Å²) in [6.45, 7) is 3.57. The van der Waals surface area contributed by atoms with Crippen molar-refractivity contribution < 1.29 is 9.90 Å². The van der Waals surface area contributed by atoms with Crippen LogP contribution in [-0.4, -0.2) is 21.3 Å². The third kappa shape index (κ3) is 3.43. The molecule has 0 bridgehead atoms. The van der Waals surface area contributed by atoms with E-state index in [2.05, 4.69) is 4.98 Å². The van der Waals surface area contributed by atoms with E-state index in [1.807, 2.05) is 6.92 Å². The number of thioether (sulfide) groups is 1. The summed E-state index contributed by atoms with van der Waals surface area (Å²) in [6, 6.07) is 3.55. The number of carbonyl (C=O) groups is 1. The lowest BCUT2D eigenvalue weighted by Crippen LogP contribution is -2.20. The summed E-state index contributed by atoms with van der Waals surface area (Å²) in [5.74, 6) is -1.18. The Bertz CT molecular complexity index is 340. The summed E-state index contributed by atoms with van der Waals surface area (Å²) in [5, 5.41) is 9.60. The van der Waals surface area contributed by atoms with Gasteiger partial charge in [-0.1, -0.05) is 13.8 Å². The first-order valence-corrected chi connectivity index (χ1v) is 5.49. The van der Waals surface area contributed by atoms with Gasteiger partial charge < -0.3 is 10.8 Å². The summed E-state index contributed by atoms with van der Waals surface area (Å²) in [5.41, 5.74) is 6.11. The molecule has 0 spiro atoms. The second-order valence-electron chi connectivity index (χ2n) is 3.38. The van der Waals surface area contributed by atoms with Gasteiger partial charge in [-0.3, -0.25) is 4.79 Å². The van der Waals surface area contributed by atoms with Crippen LogP contribution in [0.3, 0.4) is 0 Å². The van der Waals surface area contributed by atoms with Crippen molar-refractivity contribution in [1.82, 2.24) is 4.98 Å². The lowest BCUT2D eigenvalue weighted by atomic mass is 10.1. The number of carboxylic acid groups (broad SMARTS) is 1. The van der Waals surface area contributed by atoms with Crippen LogP contribution in [0.25, 0.3) is 0 Å². The van der Waals surface area contributed by atoms with E-state index >= 15 is 0 Å². The van der Waals surface area contributed by atoms with Crippen LogP contribution in [0, 0.1) is 5.92 Å². The third-order valence-corrected chi connectivity index (χ3v) is 3.42. The predicted octanol–water partition coefficient (Wildman–Crippen LogP) is 1.87. The van der Waals surface area contributed by atoms with Gasteiger partial charge in [0.25, 0.3) is 0 Å². The third-order valence-electron chi connectivity index (χ3n) is 2.16. The molecule has 2 atom stereocenters. The van der Waals surface area contributed by atoms with Crippen LogP contribution in [0.15, 0.2) is 23.4 Å². The molecule has 1 heterocycles. The van der Waals surface area contributed by atoms with Crippen LogP contribution >= 0.6 is 11.8 Å².